The normalized spacial score (nSPS) is 11.3. The van der Waals surface area contributed by atoms with E-state index in [-0.39, 0.29) is 16.7 Å². The van der Waals surface area contributed by atoms with Crippen molar-refractivity contribution in [3.8, 4) is 5.82 Å². The Labute approximate surface area is 166 Å². The predicted molar refractivity (Wildman–Crippen MR) is 107 cm³/mol. The Hall–Kier alpha value is -2.76. The number of nitrogens with one attached hydrogen (secondary N) is 3. The van der Waals surface area contributed by atoms with E-state index in [0.717, 1.165) is 16.2 Å². The molecule has 0 radical (unpaired) electrons. The SMILES string of the molecule is CC(=O)NCc1ccc(S(=O)(=O)NCCNc2cc(-n3cccc3)ncn2)s1. The Kier molecular flexibility index (Phi) is 6.39. The third-order valence-electron chi connectivity index (χ3n) is 3.66. The van der Waals surface area contributed by atoms with Crippen LogP contribution >= 0.6 is 11.3 Å². The molecule has 0 aliphatic rings. The van der Waals surface area contributed by atoms with Crippen LogP contribution in [0.5, 0.6) is 0 Å². The highest BCUT2D eigenvalue weighted by Gasteiger charge is 2.16. The van der Waals surface area contributed by atoms with Gasteiger partial charge in [-0.05, 0) is 24.3 Å². The smallest absolute Gasteiger partial charge is 0.250 e. The molecule has 0 saturated carbocycles. The molecule has 0 saturated heterocycles. The number of anilines is 1. The van der Waals surface area contributed by atoms with E-state index in [1.54, 1.807) is 12.1 Å². The summed E-state index contributed by atoms with van der Waals surface area (Å²) in [5.74, 6) is 1.16. The van der Waals surface area contributed by atoms with E-state index in [4.69, 9.17) is 0 Å². The van der Waals surface area contributed by atoms with Gasteiger partial charge in [-0.25, -0.2) is 23.1 Å². The van der Waals surface area contributed by atoms with Gasteiger partial charge in [-0.2, -0.15) is 0 Å². The van der Waals surface area contributed by atoms with Crippen LogP contribution in [-0.2, 0) is 21.4 Å². The Morgan fingerprint density at radius 1 is 1.18 bits per heavy atom. The molecule has 28 heavy (non-hydrogen) atoms. The Morgan fingerprint density at radius 3 is 2.71 bits per heavy atom. The Morgan fingerprint density at radius 2 is 1.96 bits per heavy atom. The van der Waals surface area contributed by atoms with Gasteiger partial charge >= 0.3 is 0 Å². The van der Waals surface area contributed by atoms with Crippen molar-refractivity contribution >= 4 is 33.1 Å². The van der Waals surface area contributed by atoms with E-state index in [1.807, 2.05) is 29.1 Å². The Balaban J connectivity index is 1.51. The van der Waals surface area contributed by atoms with E-state index in [0.29, 0.717) is 24.7 Å². The minimum Gasteiger partial charge on any atom is -0.369 e. The van der Waals surface area contributed by atoms with Crippen molar-refractivity contribution < 1.29 is 13.2 Å². The molecular weight excluding hydrogens is 400 g/mol. The topological polar surface area (TPSA) is 118 Å². The van der Waals surface area contributed by atoms with Crippen LogP contribution in [0.2, 0.25) is 0 Å². The first-order chi connectivity index (χ1) is 13.4. The molecule has 0 aromatic carbocycles. The average molecular weight is 421 g/mol. The molecule has 3 rings (SSSR count). The zero-order chi connectivity index (χ0) is 20.0. The number of carbonyl (C=O) groups is 1. The summed E-state index contributed by atoms with van der Waals surface area (Å²) in [6.07, 6.45) is 5.20. The van der Waals surface area contributed by atoms with Gasteiger partial charge in [0.05, 0.1) is 6.54 Å². The molecule has 148 valence electrons. The molecule has 0 spiro atoms. The second-order valence-electron chi connectivity index (χ2n) is 5.81. The zero-order valence-corrected chi connectivity index (χ0v) is 16.8. The van der Waals surface area contributed by atoms with Gasteiger partial charge in [0.15, 0.2) is 0 Å². The molecule has 3 aromatic rings. The zero-order valence-electron chi connectivity index (χ0n) is 15.1. The van der Waals surface area contributed by atoms with Crippen LogP contribution in [0.15, 0.2) is 53.3 Å². The molecule has 3 heterocycles. The summed E-state index contributed by atoms with van der Waals surface area (Å²) in [6, 6.07) is 8.80. The van der Waals surface area contributed by atoms with E-state index in [1.165, 1.54) is 19.3 Å². The van der Waals surface area contributed by atoms with Crippen LogP contribution in [0.4, 0.5) is 5.82 Å². The lowest BCUT2D eigenvalue weighted by molar-refractivity contribution is -0.119. The number of carbonyl (C=O) groups excluding carboxylic acids is 1. The number of hydrogen-bond donors (Lipinski definition) is 3. The summed E-state index contributed by atoms with van der Waals surface area (Å²) >= 11 is 1.13. The standard InChI is InChI=1S/C17H20N6O3S2/c1-13(24)19-11-14-4-5-17(27-14)28(25,26)22-7-6-18-15-10-16(21-12-20-15)23-8-2-3-9-23/h2-5,8-10,12,22H,6-7,11H2,1H3,(H,19,24)(H,18,20,21). The van der Waals surface area contributed by atoms with E-state index in [2.05, 4.69) is 25.3 Å². The average Bonchev–Trinajstić information content (AvgIpc) is 3.36. The van der Waals surface area contributed by atoms with Crippen LogP contribution < -0.4 is 15.4 Å². The molecule has 0 fully saturated rings. The molecule has 0 aliphatic carbocycles. The fraction of sp³-hybridized carbons (Fsp3) is 0.235. The minimum atomic E-state index is -3.60. The molecule has 9 nitrogen and oxygen atoms in total. The first-order valence-corrected chi connectivity index (χ1v) is 10.8. The van der Waals surface area contributed by atoms with Gasteiger partial charge in [-0.1, -0.05) is 0 Å². The van der Waals surface area contributed by atoms with Crippen molar-refractivity contribution in [2.45, 2.75) is 17.7 Å². The largest absolute Gasteiger partial charge is 0.369 e. The van der Waals surface area contributed by atoms with Gasteiger partial charge in [-0.15, -0.1) is 11.3 Å². The second-order valence-corrected chi connectivity index (χ2v) is 8.97. The summed E-state index contributed by atoms with van der Waals surface area (Å²) in [6.45, 7) is 2.29. The van der Waals surface area contributed by atoms with Crippen molar-refractivity contribution in [2.24, 2.45) is 0 Å². The van der Waals surface area contributed by atoms with E-state index >= 15 is 0 Å². The van der Waals surface area contributed by atoms with Gasteiger partial charge in [0.25, 0.3) is 0 Å². The van der Waals surface area contributed by atoms with Gasteiger partial charge in [0.1, 0.15) is 22.2 Å². The lowest BCUT2D eigenvalue weighted by Crippen LogP contribution is -2.28. The van der Waals surface area contributed by atoms with Crippen molar-refractivity contribution in [3.63, 3.8) is 0 Å². The van der Waals surface area contributed by atoms with Crippen molar-refractivity contribution in [2.75, 3.05) is 18.4 Å². The van der Waals surface area contributed by atoms with Gasteiger partial charge in [0, 0.05) is 43.4 Å². The van der Waals surface area contributed by atoms with Gasteiger partial charge < -0.3 is 15.2 Å². The number of aromatic nitrogens is 3. The maximum atomic E-state index is 12.4. The lowest BCUT2D eigenvalue weighted by Gasteiger charge is -2.08. The summed E-state index contributed by atoms with van der Waals surface area (Å²) in [7, 11) is -3.60. The summed E-state index contributed by atoms with van der Waals surface area (Å²) in [5.41, 5.74) is 0. The lowest BCUT2D eigenvalue weighted by atomic mass is 10.4. The molecule has 1 amide bonds. The first-order valence-electron chi connectivity index (χ1n) is 8.46. The summed E-state index contributed by atoms with van der Waals surface area (Å²) in [4.78, 5) is 20.0. The molecule has 3 N–H and O–H groups in total. The highest BCUT2D eigenvalue weighted by atomic mass is 32.2. The van der Waals surface area contributed by atoms with Gasteiger partial charge in [0.2, 0.25) is 15.9 Å². The molecule has 0 aliphatic heterocycles. The van der Waals surface area contributed by atoms with E-state index < -0.39 is 10.0 Å². The summed E-state index contributed by atoms with van der Waals surface area (Å²) < 4.78 is 29.3. The van der Waals surface area contributed by atoms with Crippen molar-refractivity contribution in [1.82, 2.24) is 24.6 Å². The fourth-order valence-corrected chi connectivity index (χ4v) is 4.70. The molecule has 0 unspecified atom stereocenters. The number of sulfonamides is 1. The third-order valence-corrected chi connectivity index (χ3v) is 6.70. The van der Waals surface area contributed by atoms with E-state index in [9.17, 15) is 13.2 Å². The van der Waals surface area contributed by atoms with Crippen LogP contribution in [-0.4, -0.2) is 41.9 Å². The number of amides is 1. The maximum absolute atomic E-state index is 12.4. The van der Waals surface area contributed by atoms with Crippen LogP contribution in [0.1, 0.15) is 11.8 Å². The predicted octanol–water partition coefficient (Wildman–Crippen LogP) is 1.36. The maximum Gasteiger partial charge on any atom is 0.250 e. The molecular formula is C17H20N6O3S2. The third kappa shape index (κ3) is 5.38. The second kappa shape index (κ2) is 8.95. The van der Waals surface area contributed by atoms with Crippen LogP contribution in [0.25, 0.3) is 5.82 Å². The number of thiophene rings is 1. The Bertz CT molecular complexity index is 1030. The number of nitrogens with zero attached hydrogens (tertiary/aromatic N) is 3. The highest BCUT2D eigenvalue weighted by Crippen LogP contribution is 2.21. The quantitative estimate of drug-likeness (QED) is 0.450. The highest BCUT2D eigenvalue weighted by molar-refractivity contribution is 7.91. The number of rotatable bonds is 9. The summed E-state index contributed by atoms with van der Waals surface area (Å²) in [5, 5.41) is 5.72. The molecule has 0 atom stereocenters. The molecule has 3 aromatic heterocycles. The minimum absolute atomic E-state index is 0.160. The monoisotopic (exact) mass is 420 g/mol. The van der Waals surface area contributed by atoms with Crippen LogP contribution in [0.3, 0.4) is 0 Å². The number of hydrogen-bond acceptors (Lipinski definition) is 7. The van der Waals surface area contributed by atoms with Crippen LogP contribution in [0, 0.1) is 0 Å². The van der Waals surface area contributed by atoms with Gasteiger partial charge in [-0.3, -0.25) is 4.79 Å². The fourth-order valence-electron chi connectivity index (χ4n) is 2.33. The molecule has 11 heteroatoms. The van der Waals surface area contributed by atoms with Crippen molar-refractivity contribution in [1.29, 1.82) is 0 Å². The molecule has 0 bridgehead atoms. The first kappa shape index (κ1) is 20.0. The van der Waals surface area contributed by atoms with Crippen molar-refractivity contribution in [3.05, 3.63) is 53.9 Å².